The first-order chi connectivity index (χ1) is 9.65. The molecule has 0 radical (unpaired) electrons. The first-order valence-corrected chi connectivity index (χ1v) is 7.49. The molecule has 5 nitrogen and oxygen atoms in total. The predicted molar refractivity (Wildman–Crippen MR) is 81.9 cm³/mol. The summed E-state index contributed by atoms with van der Waals surface area (Å²) in [6.07, 6.45) is 1.66. The van der Waals surface area contributed by atoms with Crippen LogP contribution in [-0.4, -0.2) is 52.3 Å². The molecule has 1 fully saturated rings. The number of hydrogen-bond donors (Lipinski definition) is 1. The lowest BCUT2D eigenvalue weighted by atomic mass is 10.3. The standard InChI is InChI=1S/C13H17ClN4OS/c1-9(8-17-2-4-19-5-3-17)18-12-11(16-13(18)20)6-10(14)7-15-12/h6-7,9H,2-5,8H2,1H3,(H,16,20). The number of morpholine rings is 1. The fraction of sp³-hybridized carbons (Fsp3) is 0.538. The van der Waals surface area contributed by atoms with Crippen molar-refractivity contribution in [2.24, 2.45) is 0 Å². The molecule has 20 heavy (non-hydrogen) atoms. The molecule has 3 heterocycles. The Morgan fingerprint density at radius 2 is 2.25 bits per heavy atom. The summed E-state index contributed by atoms with van der Waals surface area (Å²) in [5.41, 5.74) is 1.75. The fourth-order valence-corrected chi connectivity index (χ4v) is 3.17. The van der Waals surface area contributed by atoms with E-state index in [2.05, 4.69) is 26.4 Å². The number of pyridine rings is 1. The minimum absolute atomic E-state index is 0.253. The normalized spacial score (nSPS) is 18.5. The van der Waals surface area contributed by atoms with E-state index >= 15 is 0 Å². The van der Waals surface area contributed by atoms with Crippen LogP contribution in [0, 0.1) is 4.77 Å². The highest BCUT2D eigenvalue weighted by Gasteiger charge is 2.17. The van der Waals surface area contributed by atoms with E-state index in [-0.39, 0.29) is 6.04 Å². The second-order valence-electron chi connectivity index (χ2n) is 5.09. The Bertz CT molecular complexity index is 662. The van der Waals surface area contributed by atoms with Gasteiger partial charge in [0.1, 0.15) is 0 Å². The zero-order valence-corrected chi connectivity index (χ0v) is 12.9. The molecule has 1 N–H and O–H groups in total. The Morgan fingerprint density at radius 3 is 3.00 bits per heavy atom. The first-order valence-electron chi connectivity index (χ1n) is 6.71. The van der Waals surface area contributed by atoms with E-state index in [1.54, 1.807) is 6.20 Å². The van der Waals surface area contributed by atoms with Gasteiger partial charge < -0.3 is 9.72 Å². The van der Waals surface area contributed by atoms with Gasteiger partial charge >= 0.3 is 0 Å². The SMILES string of the molecule is CC(CN1CCOCC1)n1c(=S)[nH]c2cc(Cl)cnc21. The Hall–Kier alpha value is -0.950. The minimum Gasteiger partial charge on any atom is -0.379 e. The van der Waals surface area contributed by atoms with Crippen LogP contribution in [0.5, 0.6) is 0 Å². The largest absolute Gasteiger partial charge is 0.379 e. The molecule has 3 rings (SSSR count). The fourth-order valence-electron chi connectivity index (χ4n) is 2.64. The van der Waals surface area contributed by atoms with Crippen molar-refractivity contribution >= 4 is 35.0 Å². The molecule has 0 aliphatic carbocycles. The van der Waals surface area contributed by atoms with Gasteiger partial charge in [0.15, 0.2) is 10.4 Å². The molecule has 0 amide bonds. The number of hydrogen-bond acceptors (Lipinski definition) is 4. The van der Waals surface area contributed by atoms with Crippen LogP contribution in [0.25, 0.3) is 11.2 Å². The number of ether oxygens (including phenoxy) is 1. The lowest BCUT2D eigenvalue weighted by Gasteiger charge is -2.29. The minimum atomic E-state index is 0.253. The number of rotatable bonds is 3. The van der Waals surface area contributed by atoms with Gasteiger partial charge in [0.05, 0.1) is 23.8 Å². The van der Waals surface area contributed by atoms with Crippen molar-refractivity contribution in [2.45, 2.75) is 13.0 Å². The van der Waals surface area contributed by atoms with Gasteiger partial charge in [-0.1, -0.05) is 11.6 Å². The van der Waals surface area contributed by atoms with Crippen molar-refractivity contribution in [3.63, 3.8) is 0 Å². The van der Waals surface area contributed by atoms with Crippen molar-refractivity contribution < 1.29 is 4.74 Å². The van der Waals surface area contributed by atoms with Gasteiger partial charge in [-0.3, -0.25) is 9.47 Å². The number of nitrogens with one attached hydrogen (secondary N) is 1. The van der Waals surface area contributed by atoms with Crippen LogP contribution >= 0.6 is 23.8 Å². The number of fused-ring (bicyclic) bond motifs is 1. The van der Waals surface area contributed by atoms with Crippen molar-refractivity contribution in [3.8, 4) is 0 Å². The lowest BCUT2D eigenvalue weighted by Crippen LogP contribution is -2.39. The third-order valence-electron chi connectivity index (χ3n) is 3.59. The van der Waals surface area contributed by atoms with Crippen molar-refractivity contribution in [1.82, 2.24) is 19.4 Å². The number of halogens is 1. The van der Waals surface area contributed by atoms with Crippen molar-refractivity contribution in [1.29, 1.82) is 0 Å². The summed E-state index contributed by atoms with van der Waals surface area (Å²) in [6, 6.07) is 2.11. The maximum absolute atomic E-state index is 5.97. The van der Waals surface area contributed by atoms with Gasteiger partial charge in [-0.25, -0.2) is 4.98 Å². The number of imidazole rings is 1. The van der Waals surface area contributed by atoms with Crippen LogP contribution in [0.15, 0.2) is 12.3 Å². The molecule has 7 heteroatoms. The molecule has 1 aliphatic rings. The Labute approximate surface area is 127 Å². The number of nitrogens with zero attached hydrogens (tertiary/aromatic N) is 3. The highest BCUT2D eigenvalue weighted by Crippen LogP contribution is 2.21. The maximum Gasteiger partial charge on any atom is 0.179 e. The number of aromatic amines is 1. The van der Waals surface area contributed by atoms with Crippen LogP contribution in [0.4, 0.5) is 0 Å². The molecule has 1 saturated heterocycles. The molecule has 1 atom stereocenters. The summed E-state index contributed by atoms with van der Waals surface area (Å²) < 4.78 is 8.13. The predicted octanol–water partition coefficient (Wildman–Crippen LogP) is 2.64. The van der Waals surface area contributed by atoms with Gasteiger partial charge in [-0.2, -0.15) is 0 Å². The summed E-state index contributed by atoms with van der Waals surface area (Å²) in [7, 11) is 0. The molecular formula is C13H17ClN4OS. The monoisotopic (exact) mass is 312 g/mol. The van der Waals surface area contributed by atoms with Gasteiger partial charge in [0, 0.05) is 31.9 Å². The molecule has 0 aromatic carbocycles. The van der Waals surface area contributed by atoms with E-state index in [0.29, 0.717) is 9.79 Å². The Morgan fingerprint density at radius 1 is 1.50 bits per heavy atom. The lowest BCUT2D eigenvalue weighted by molar-refractivity contribution is 0.0327. The van der Waals surface area contributed by atoms with E-state index in [1.807, 2.05) is 6.07 Å². The first kappa shape index (κ1) is 14.0. The summed E-state index contributed by atoms with van der Waals surface area (Å²) in [4.78, 5) is 9.97. The summed E-state index contributed by atoms with van der Waals surface area (Å²) in [5.74, 6) is 0. The zero-order valence-electron chi connectivity index (χ0n) is 11.3. The molecule has 0 bridgehead atoms. The third kappa shape index (κ3) is 2.74. The van der Waals surface area contributed by atoms with Crippen LogP contribution in [0.3, 0.4) is 0 Å². The number of H-pyrrole nitrogens is 1. The van der Waals surface area contributed by atoms with E-state index in [4.69, 9.17) is 28.6 Å². The second-order valence-corrected chi connectivity index (χ2v) is 5.91. The van der Waals surface area contributed by atoms with Gasteiger partial charge in [-0.05, 0) is 25.2 Å². The van der Waals surface area contributed by atoms with E-state index in [1.165, 1.54) is 0 Å². The average molecular weight is 313 g/mol. The molecule has 2 aromatic heterocycles. The number of aromatic nitrogens is 3. The third-order valence-corrected chi connectivity index (χ3v) is 4.09. The van der Waals surface area contributed by atoms with Crippen LogP contribution in [-0.2, 0) is 4.74 Å². The highest BCUT2D eigenvalue weighted by molar-refractivity contribution is 7.71. The van der Waals surface area contributed by atoms with E-state index < -0.39 is 0 Å². The Kier molecular flexibility index (Phi) is 4.07. The zero-order chi connectivity index (χ0) is 14.1. The highest BCUT2D eigenvalue weighted by atomic mass is 35.5. The second kappa shape index (κ2) is 5.81. The van der Waals surface area contributed by atoms with Crippen LogP contribution in [0.1, 0.15) is 13.0 Å². The molecule has 1 aliphatic heterocycles. The van der Waals surface area contributed by atoms with Gasteiger partial charge in [0.2, 0.25) is 0 Å². The average Bonchev–Trinajstić information content (AvgIpc) is 2.74. The van der Waals surface area contributed by atoms with Crippen molar-refractivity contribution in [3.05, 3.63) is 22.1 Å². The topological polar surface area (TPSA) is 46.1 Å². The molecular weight excluding hydrogens is 296 g/mol. The van der Waals surface area contributed by atoms with E-state index in [9.17, 15) is 0 Å². The quantitative estimate of drug-likeness (QED) is 0.885. The van der Waals surface area contributed by atoms with Crippen molar-refractivity contribution in [2.75, 3.05) is 32.8 Å². The molecule has 0 spiro atoms. The van der Waals surface area contributed by atoms with E-state index in [0.717, 1.165) is 44.0 Å². The smallest absolute Gasteiger partial charge is 0.179 e. The molecule has 1 unspecified atom stereocenters. The summed E-state index contributed by atoms with van der Waals surface area (Å²) in [5, 5.41) is 0.613. The van der Waals surface area contributed by atoms with Gasteiger partial charge in [-0.15, -0.1) is 0 Å². The van der Waals surface area contributed by atoms with Crippen LogP contribution in [0.2, 0.25) is 5.02 Å². The molecule has 0 saturated carbocycles. The Balaban J connectivity index is 1.88. The molecule has 108 valence electrons. The summed E-state index contributed by atoms with van der Waals surface area (Å²) >= 11 is 11.4. The maximum atomic E-state index is 5.97. The van der Waals surface area contributed by atoms with Crippen LogP contribution < -0.4 is 0 Å². The van der Waals surface area contributed by atoms with Gasteiger partial charge in [0.25, 0.3) is 0 Å². The summed E-state index contributed by atoms with van der Waals surface area (Å²) in [6.45, 7) is 6.65. The molecule has 2 aromatic rings.